The van der Waals surface area contributed by atoms with E-state index in [1.54, 1.807) is 18.2 Å². The first-order valence-electron chi connectivity index (χ1n) is 7.69. The molecule has 132 valence electrons. The minimum atomic E-state index is -0.393. The fraction of sp³-hybridized carbons (Fsp3) is 0.294. The minimum absolute atomic E-state index is 0.0681. The maximum Gasteiger partial charge on any atom is 0.257 e. The van der Waals surface area contributed by atoms with E-state index in [1.807, 2.05) is 0 Å². The fourth-order valence-corrected chi connectivity index (χ4v) is 2.87. The number of pyridine rings is 1. The van der Waals surface area contributed by atoms with Crippen LogP contribution in [0.15, 0.2) is 30.5 Å². The van der Waals surface area contributed by atoms with Gasteiger partial charge in [0.25, 0.3) is 5.91 Å². The van der Waals surface area contributed by atoms with Crippen LogP contribution >= 0.6 is 34.8 Å². The number of rotatable bonds is 5. The highest BCUT2D eigenvalue weighted by Gasteiger charge is 2.18. The first-order valence-corrected chi connectivity index (χ1v) is 8.82. The number of ether oxygens (including phenoxy) is 2. The van der Waals surface area contributed by atoms with Crippen LogP contribution in [0.5, 0.6) is 5.75 Å². The Balaban J connectivity index is 1.74. The largest absolute Gasteiger partial charge is 0.489 e. The average molecular weight is 402 g/mol. The highest BCUT2D eigenvalue weighted by atomic mass is 35.5. The van der Waals surface area contributed by atoms with Crippen molar-refractivity contribution in [2.75, 3.05) is 18.5 Å². The lowest BCUT2D eigenvalue weighted by atomic mass is 10.2. The van der Waals surface area contributed by atoms with Gasteiger partial charge in [0.15, 0.2) is 0 Å². The summed E-state index contributed by atoms with van der Waals surface area (Å²) in [6.07, 6.45) is 3.41. The summed E-state index contributed by atoms with van der Waals surface area (Å²) in [6, 6.07) is 6.47. The molecule has 0 bridgehead atoms. The number of benzene rings is 1. The summed E-state index contributed by atoms with van der Waals surface area (Å²) in [7, 11) is 0. The number of nitrogens with zero attached hydrogens (tertiary/aromatic N) is 1. The van der Waals surface area contributed by atoms with Crippen LogP contribution in [0.25, 0.3) is 0 Å². The van der Waals surface area contributed by atoms with Gasteiger partial charge in [-0.05, 0) is 37.1 Å². The number of anilines is 1. The summed E-state index contributed by atoms with van der Waals surface area (Å²) in [4.78, 5) is 16.3. The predicted octanol–water partition coefficient (Wildman–Crippen LogP) is 4.85. The van der Waals surface area contributed by atoms with Crippen LogP contribution < -0.4 is 10.1 Å². The van der Waals surface area contributed by atoms with Crippen molar-refractivity contribution in [2.24, 2.45) is 0 Å². The summed E-state index contributed by atoms with van der Waals surface area (Å²) in [5.41, 5.74) is 0.737. The molecular formula is C17H15Cl3N2O3. The van der Waals surface area contributed by atoms with Crippen LogP contribution in [0, 0.1) is 0 Å². The number of carbonyl (C=O) groups excluding carboxylic acids is 1. The topological polar surface area (TPSA) is 60.5 Å². The number of aromatic nitrogens is 1. The summed E-state index contributed by atoms with van der Waals surface area (Å²) >= 11 is 17.7. The van der Waals surface area contributed by atoms with E-state index in [2.05, 4.69) is 10.3 Å². The molecule has 1 aromatic heterocycles. The molecule has 1 aromatic carbocycles. The van der Waals surface area contributed by atoms with Crippen LogP contribution in [-0.2, 0) is 4.74 Å². The second-order valence-electron chi connectivity index (χ2n) is 5.54. The van der Waals surface area contributed by atoms with Gasteiger partial charge in [0.05, 0.1) is 22.4 Å². The van der Waals surface area contributed by atoms with E-state index < -0.39 is 5.91 Å². The van der Waals surface area contributed by atoms with Gasteiger partial charge in [-0.3, -0.25) is 4.79 Å². The van der Waals surface area contributed by atoms with Gasteiger partial charge in [0.1, 0.15) is 17.5 Å². The second kappa shape index (κ2) is 8.23. The van der Waals surface area contributed by atoms with Gasteiger partial charge in [-0.15, -0.1) is 0 Å². The molecule has 1 N–H and O–H groups in total. The lowest BCUT2D eigenvalue weighted by molar-refractivity contribution is 0.0682. The normalized spacial score (nSPS) is 16.7. The predicted molar refractivity (Wildman–Crippen MR) is 98.1 cm³/mol. The molecule has 1 fully saturated rings. The molecule has 0 radical (unpaired) electrons. The van der Waals surface area contributed by atoms with E-state index >= 15 is 0 Å². The first-order chi connectivity index (χ1) is 12.0. The van der Waals surface area contributed by atoms with Gasteiger partial charge < -0.3 is 14.8 Å². The third-order valence-electron chi connectivity index (χ3n) is 3.70. The van der Waals surface area contributed by atoms with Gasteiger partial charge in [-0.25, -0.2) is 4.98 Å². The molecular weight excluding hydrogens is 387 g/mol. The van der Waals surface area contributed by atoms with Crippen molar-refractivity contribution in [3.05, 3.63) is 51.2 Å². The number of hydrogen-bond acceptors (Lipinski definition) is 4. The molecule has 25 heavy (non-hydrogen) atoms. The zero-order valence-corrected chi connectivity index (χ0v) is 15.4. The lowest BCUT2D eigenvalue weighted by Gasteiger charge is -2.15. The molecule has 1 aliphatic rings. The van der Waals surface area contributed by atoms with E-state index in [0.717, 1.165) is 19.4 Å². The number of amides is 1. The molecule has 0 spiro atoms. The van der Waals surface area contributed by atoms with Crippen LogP contribution in [-0.4, -0.2) is 30.2 Å². The molecule has 1 amide bonds. The lowest BCUT2D eigenvalue weighted by Crippen LogP contribution is -2.18. The summed E-state index contributed by atoms with van der Waals surface area (Å²) in [5.74, 6) is 0.122. The van der Waals surface area contributed by atoms with E-state index in [4.69, 9.17) is 44.3 Å². The van der Waals surface area contributed by atoms with Crippen molar-refractivity contribution >= 4 is 46.4 Å². The fourth-order valence-electron chi connectivity index (χ4n) is 2.42. The van der Waals surface area contributed by atoms with Gasteiger partial charge in [0, 0.05) is 17.8 Å². The summed E-state index contributed by atoms with van der Waals surface area (Å²) in [5, 5.41) is 3.58. The zero-order valence-electron chi connectivity index (χ0n) is 13.1. The minimum Gasteiger partial charge on any atom is -0.489 e. The molecule has 1 atom stereocenters. The van der Waals surface area contributed by atoms with Gasteiger partial charge in [0.2, 0.25) is 0 Å². The molecule has 2 heterocycles. The number of hydrogen-bond donors (Lipinski definition) is 1. The smallest absolute Gasteiger partial charge is 0.257 e. The highest BCUT2D eigenvalue weighted by Crippen LogP contribution is 2.30. The van der Waals surface area contributed by atoms with Crippen molar-refractivity contribution in [3.8, 4) is 5.75 Å². The summed E-state index contributed by atoms with van der Waals surface area (Å²) in [6.45, 7) is 1.17. The molecule has 8 heteroatoms. The third-order valence-corrected chi connectivity index (χ3v) is 4.62. The Hall–Kier alpha value is -1.53. The van der Waals surface area contributed by atoms with Crippen molar-refractivity contribution in [3.63, 3.8) is 0 Å². The molecule has 5 nitrogen and oxygen atoms in total. The van der Waals surface area contributed by atoms with Crippen LogP contribution in [0.4, 0.5) is 5.69 Å². The van der Waals surface area contributed by atoms with E-state index in [0.29, 0.717) is 23.1 Å². The van der Waals surface area contributed by atoms with Crippen LogP contribution in [0.2, 0.25) is 15.2 Å². The molecule has 2 aromatic rings. The Kier molecular flexibility index (Phi) is 6.02. The Morgan fingerprint density at radius 1 is 1.32 bits per heavy atom. The van der Waals surface area contributed by atoms with Gasteiger partial charge in [-0.1, -0.05) is 34.8 Å². The molecule has 1 unspecified atom stereocenters. The Morgan fingerprint density at radius 3 is 2.88 bits per heavy atom. The van der Waals surface area contributed by atoms with Gasteiger partial charge >= 0.3 is 0 Å². The van der Waals surface area contributed by atoms with Crippen molar-refractivity contribution in [1.29, 1.82) is 0 Å². The van der Waals surface area contributed by atoms with Crippen molar-refractivity contribution in [1.82, 2.24) is 4.98 Å². The maximum absolute atomic E-state index is 12.4. The Labute approximate surface area is 160 Å². The number of carbonyl (C=O) groups is 1. The monoisotopic (exact) mass is 400 g/mol. The van der Waals surface area contributed by atoms with E-state index in [9.17, 15) is 4.79 Å². The Bertz CT molecular complexity index is 780. The second-order valence-corrected chi connectivity index (χ2v) is 6.74. The summed E-state index contributed by atoms with van der Waals surface area (Å²) < 4.78 is 11.3. The molecule has 0 aliphatic carbocycles. The van der Waals surface area contributed by atoms with Gasteiger partial charge in [-0.2, -0.15) is 0 Å². The number of nitrogens with one attached hydrogen (secondary N) is 1. The highest BCUT2D eigenvalue weighted by molar-refractivity contribution is 6.41. The van der Waals surface area contributed by atoms with Crippen LogP contribution in [0.1, 0.15) is 23.2 Å². The Morgan fingerprint density at radius 2 is 2.16 bits per heavy atom. The third kappa shape index (κ3) is 4.76. The van der Waals surface area contributed by atoms with Crippen molar-refractivity contribution in [2.45, 2.75) is 18.9 Å². The van der Waals surface area contributed by atoms with Crippen molar-refractivity contribution < 1.29 is 14.3 Å². The number of halogens is 3. The molecule has 1 aliphatic heterocycles. The van der Waals surface area contributed by atoms with E-state index in [-0.39, 0.29) is 21.8 Å². The molecule has 3 rings (SSSR count). The standard InChI is InChI=1S/C17H15Cl3N2O3/c18-11-3-4-15(25-9-12-2-1-5-24-12)14(7-11)22-17(23)10-6-13(19)16(20)21-8-10/h3-4,6-8,12H,1-2,5,9H2,(H,22,23). The maximum atomic E-state index is 12.4. The van der Waals surface area contributed by atoms with Crippen LogP contribution in [0.3, 0.4) is 0 Å². The first kappa shape index (κ1) is 18.3. The van der Waals surface area contributed by atoms with E-state index in [1.165, 1.54) is 12.3 Å². The zero-order chi connectivity index (χ0) is 17.8. The molecule has 0 saturated carbocycles. The quantitative estimate of drug-likeness (QED) is 0.727. The average Bonchev–Trinajstić information content (AvgIpc) is 3.10. The SMILES string of the molecule is O=C(Nc1cc(Cl)ccc1OCC1CCCO1)c1cnc(Cl)c(Cl)c1. The molecule has 1 saturated heterocycles.